The molecule has 1 aliphatic heterocycles. The largest absolute Gasteiger partial charge is 0.497 e. The lowest BCUT2D eigenvalue weighted by molar-refractivity contribution is -0.122. The number of nitrogens with one attached hydrogen (secondary N) is 1. The molecule has 1 aliphatic rings. The topological polar surface area (TPSA) is 78.9 Å². The summed E-state index contributed by atoms with van der Waals surface area (Å²) in [4.78, 5) is 25.7. The van der Waals surface area contributed by atoms with E-state index < -0.39 is 5.97 Å². The minimum Gasteiger partial charge on any atom is -0.497 e. The molecule has 0 spiro atoms. The Morgan fingerprint density at radius 1 is 1.11 bits per heavy atom. The lowest BCUT2D eigenvalue weighted by atomic mass is 10.0. The molecule has 2 aromatic rings. The summed E-state index contributed by atoms with van der Waals surface area (Å²) in [6.45, 7) is 4.23. The van der Waals surface area contributed by atoms with Crippen molar-refractivity contribution in [2.24, 2.45) is 0 Å². The quantitative estimate of drug-likeness (QED) is 0.802. The van der Waals surface area contributed by atoms with Gasteiger partial charge in [-0.2, -0.15) is 0 Å². The molecule has 2 N–H and O–H groups in total. The van der Waals surface area contributed by atoms with Crippen molar-refractivity contribution in [3.8, 4) is 5.75 Å². The minimum absolute atomic E-state index is 0.0522. The van der Waals surface area contributed by atoms with Crippen molar-refractivity contribution in [2.75, 3.05) is 26.7 Å². The smallest absolute Gasteiger partial charge is 0.335 e. The molecule has 0 saturated carbocycles. The van der Waals surface area contributed by atoms with Crippen LogP contribution in [-0.2, 0) is 24.2 Å². The highest BCUT2D eigenvalue weighted by molar-refractivity contribution is 5.88. The molecule has 28 heavy (non-hydrogen) atoms. The van der Waals surface area contributed by atoms with E-state index in [1.807, 2.05) is 13.0 Å². The zero-order valence-electron chi connectivity index (χ0n) is 16.3. The number of carbonyl (C=O) groups excluding carboxylic acids is 1. The number of carbonyl (C=O) groups is 2. The van der Waals surface area contributed by atoms with Crippen LogP contribution in [0, 0.1) is 6.92 Å². The molecule has 0 unspecified atom stereocenters. The molecule has 0 aliphatic carbocycles. The van der Waals surface area contributed by atoms with Crippen LogP contribution in [0.2, 0.25) is 0 Å². The summed E-state index contributed by atoms with van der Waals surface area (Å²) in [7, 11) is 1.67. The SMILES string of the molecule is COc1ccc2c(c1)CCN(CC(=O)NCc1cc(C(=O)O)ccc1C)CC2. The molecule has 0 radical (unpaired) electrons. The van der Waals surface area contributed by atoms with Gasteiger partial charge in [-0.3, -0.25) is 9.69 Å². The molecule has 6 heteroatoms. The van der Waals surface area contributed by atoms with Crippen LogP contribution < -0.4 is 10.1 Å². The summed E-state index contributed by atoms with van der Waals surface area (Å²) in [5.74, 6) is -0.152. The van der Waals surface area contributed by atoms with Gasteiger partial charge in [0.15, 0.2) is 0 Å². The van der Waals surface area contributed by atoms with E-state index in [4.69, 9.17) is 9.84 Å². The highest BCUT2D eigenvalue weighted by Crippen LogP contribution is 2.21. The van der Waals surface area contributed by atoms with Crippen LogP contribution in [0.1, 0.15) is 32.6 Å². The molecule has 0 atom stereocenters. The van der Waals surface area contributed by atoms with E-state index in [0.29, 0.717) is 13.1 Å². The summed E-state index contributed by atoms with van der Waals surface area (Å²) in [5, 5.41) is 12.0. The third kappa shape index (κ3) is 4.89. The van der Waals surface area contributed by atoms with E-state index in [0.717, 1.165) is 42.8 Å². The summed E-state index contributed by atoms with van der Waals surface area (Å²) in [5.41, 5.74) is 4.61. The molecule has 0 bridgehead atoms. The van der Waals surface area contributed by atoms with Gasteiger partial charge in [-0.05, 0) is 66.3 Å². The van der Waals surface area contributed by atoms with Crippen molar-refractivity contribution in [1.29, 1.82) is 0 Å². The Hall–Kier alpha value is -2.86. The van der Waals surface area contributed by atoms with E-state index in [2.05, 4.69) is 22.3 Å². The molecule has 2 aromatic carbocycles. The average Bonchev–Trinajstić information content (AvgIpc) is 2.89. The highest BCUT2D eigenvalue weighted by atomic mass is 16.5. The maximum atomic E-state index is 12.4. The van der Waals surface area contributed by atoms with Gasteiger partial charge in [-0.25, -0.2) is 4.79 Å². The number of aromatic carboxylic acids is 1. The lowest BCUT2D eigenvalue weighted by Gasteiger charge is -2.19. The molecule has 6 nitrogen and oxygen atoms in total. The first-order chi connectivity index (χ1) is 13.5. The summed E-state index contributed by atoms with van der Waals surface area (Å²) >= 11 is 0. The number of methoxy groups -OCH3 is 1. The Bertz CT molecular complexity index is 879. The molecule has 0 fully saturated rings. The Morgan fingerprint density at radius 3 is 2.57 bits per heavy atom. The maximum Gasteiger partial charge on any atom is 0.335 e. The van der Waals surface area contributed by atoms with Crippen LogP contribution in [-0.4, -0.2) is 48.6 Å². The van der Waals surface area contributed by atoms with Gasteiger partial charge in [0.1, 0.15) is 5.75 Å². The third-order valence-corrected chi connectivity index (χ3v) is 5.25. The van der Waals surface area contributed by atoms with Gasteiger partial charge < -0.3 is 15.2 Å². The number of hydrogen-bond acceptors (Lipinski definition) is 4. The van der Waals surface area contributed by atoms with Crippen LogP contribution in [0.5, 0.6) is 5.75 Å². The standard InChI is InChI=1S/C22H26N2O4/c1-15-3-4-18(22(26)27)11-19(15)13-23-21(25)14-24-9-7-16-5-6-20(28-2)12-17(16)8-10-24/h3-6,11-12H,7-10,13-14H2,1-2H3,(H,23,25)(H,26,27). The molecular weight excluding hydrogens is 356 g/mol. The first kappa shape index (κ1) is 19.9. The van der Waals surface area contributed by atoms with E-state index >= 15 is 0 Å². The number of aryl methyl sites for hydroxylation is 1. The number of rotatable bonds is 6. The molecular formula is C22H26N2O4. The van der Waals surface area contributed by atoms with Crippen molar-refractivity contribution in [2.45, 2.75) is 26.3 Å². The molecule has 148 valence electrons. The Labute approximate surface area is 165 Å². The zero-order chi connectivity index (χ0) is 20.1. The monoisotopic (exact) mass is 382 g/mol. The Morgan fingerprint density at radius 2 is 1.86 bits per heavy atom. The summed E-state index contributed by atoms with van der Waals surface area (Å²) in [6.07, 6.45) is 1.80. The van der Waals surface area contributed by atoms with Crippen LogP contribution in [0.3, 0.4) is 0 Å². The zero-order valence-corrected chi connectivity index (χ0v) is 16.3. The van der Waals surface area contributed by atoms with Gasteiger partial charge in [0.2, 0.25) is 5.91 Å². The fourth-order valence-corrected chi connectivity index (χ4v) is 3.48. The van der Waals surface area contributed by atoms with Crippen molar-refractivity contribution >= 4 is 11.9 Å². The number of amides is 1. The fraction of sp³-hybridized carbons (Fsp3) is 0.364. The van der Waals surface area contributed by atoms with Crippen LogP contribution in [0.4, 0.5) is 0 Å². The highest BCUT2D eigenvalue weighted by Gasteiger charge is 2.17. The van der Waals surface area contributed by atoms with Gasteiger partial charge in [-0.15, -0.1) is 0 Å². The van der Waals surface area contributed by atoms with Crippen LogP contribution >= 0.6 is 0 Å². The van der Waals surface area contributed by atoms with E-state index in [-0.39, 0.29) is 11.5 Å². The number of nitrogens with zero attached hydrogens (tertiary/aromatic N) is 1. The van der Waals surface area contributed by atoms with Crippen molar-refractivity contribution in [3.63, 3.8) is 0 Å². The minimum atomic E-state index is -0.965. The number of hydrogen-bond donors (Lipinski definition) is 2. The van der Waals surface area contributed by atoms with Crippen LogP contribution in [0.25, 0.3) is 0 Å². The number of benzene rings is 2. The molecule has 1 heterocycles. The normalized spacial score (nSPS) is 14.1. The second kappa shape index (κ2) is 8.89. The molecule has 0 aromatic heterocycles. The fourth-order valence-electron chi connectivity index (χ4n) is 3.48. The summed E-state index contributed by atoms with van der Waals surface area (Å²) < 4.78 is 5.30. The van der Waals surface area contributed by atoms with Gasteiger partial charge in [0, 0.05) is 19.6 Å². The van der Waals surface area contributed by atoms with Crippen molar-refractivity contribution in [1.82, 2.24) is 10.2 Å². The van der Waals surface area contributed by atoms with E-state index in [1.165, 1.54) is 11.1 Å². The molecule has 3 rings (SSSR count). The summed E-state index contributed by atoms with van der Waals surface area (Å²) in [6, 6.07) is 11.1. The number of fused-ring (bicyclic) bond motifs is 1. The predicted molar refractivity (Wildman–Crippen MR) is 107 cm³/mol. The Kier molecular flexibility index (Phi) is 6.31. The van der Waals surface area contributed by atoms with Gasteiger partial charge in [0.25, 0.3) is 0 Å². The number of carboxylic acids is 1. The molecule has 1 amide bonds. The second-order valence-corrected chi connectivity index (χ2v) is 7.13. The first-order valence-corrected chi connectivity index (χ1v) is 9.44. The average molecular weight is 382 g/mol. The van der Waals surface area contributed by atoms with Crippen molar-refractivity contribution in [3.05, 3.63) is 64.2 Å². The van der Waals surface area contributed by atoms with Gasteiger partial charge in [0.05, 0.1) is 19.2 Å². The predicted octanol–water partition coefficient (Wildman–Crippen LogP) is 2.42. The number of carboxylic acid groups (broad SMARTS) is 1. The van der Waals surface area contributed by atoms with E-state index in [9.17, 15) is 9.59 Å². The van der Waals surface area contributed by atoms with Gasteiger partial charge >= 0.3 is 5.97 Å². The van der Waals surface area contributed by atoms with Gasteiger partial charge in [-0.1, -0.05) is 12.1 Å². The molecule has 0 saturated heterocycles. The third-order valence-electron chi connectivity index (χ3n) is 5.25. The van der Waals surface area contributed by atoms with E-state index in [1.54, 1.807) is 25.3 Å². The Balaban J connectivity index is 1.54. The first-order valence-electron chi connectivity index (χ1n) is 9.44. The van der Waals surface area contributed by atoms with Crippen LogP contribution in [0.15, 0.2) is 36.4 Å². The lowest BCUT2D eigenvalue weighted by Crippen LogP contribution is -2.38. The maximum absolute atomic E-state index is 12.4. The number of ether oxygens (including phenoxy) is 1. The second-order valence-electron chi connectivity index (χ2n) is 7.13. The van der Waals surface area contributed by atoms with Crippen molar-refractivity contribution < 1.29 is 19.4 Å².